The van der Waals surface area contributed by atoms with Gasteiger partial charge in [0.15, 0.2) is 0 Å². The lowest BCUT2D eigenvalue weighted by atomic mass is 10.0. The molecule has 0 saturated carbocycles. The molecule has 3 N–H and O–H groups in total. The molecule has 0 bridgehead atoms. The molecule has 25 heavy (non-hydrogen) atoms. The number of carbonyl (C=O) groups is 1. The summed E-state index contributed by atoms with van der Waals surface area (Å²) in [4.78, 5) is 11.5. The second-order valence-electron chi connectivity index (χ2n) is 7.78. The molecule has 0 saturated heterocycles. The number of hydrogen-bond donors (Lipinski definition) is 1. The van der Waals surface area contributed by atoms with Crippen LogP contribution in [0.15, 0.2) is 0 Å². The Balaban J connectivity index is 0. The van der Waals surface area contributed by atoms with Crippen molar-refractivity contribution in [3.63, 3.8) is 0 Å². The van der Waals surface area contributed by atoms with Gasteiger partial charge in [0.1, 0.15) is 0 Å². The lowest BCUT2D eigenvalue weighted by Crippen LogP contribution is -2.09. The Kier molecular flexibility index (Phi) is 22.9. The van der Waals surface area contributed by atoms with Crippen molar-refractivity contribution < 1.29 is 9.53 Å². The highest BCUT2D eigenvalue weighted by Crippen LogP contribution is 2.13. The van der Waals surface area contributed by atoms with Gasteiger partial charge in [0.05, 0.1) is 6.61 Å². The summed E-state index contributed by atoms with van der Waals surface area (Å²) in [5, 5.41) is 0. The lowest BCUT2D eigenvalue weighted by molar-refractivity contribution is -0.144. The van der Waals surface area contributed by atoms with Crippen LogP contribution >= 0.6 is 0 Å². The number of carbonyl (C=O) groups excluding carboxylic acids is 1. The van der Waals surface area contributed by atoms with E-state index in [0.29, 0.717) is 18.9 Å². The van der Waals surface area contributed by atoms with Crippen molar-refractivity contribution in [3.8, 4) is 0 Å². The number of unbranched alkanes of at least 4 members (excludes halogenated alkanes) is 14. The van der Waals surface area contributed by atoms with E-state index >= 15 is 0 Å². The molecule has 0 spiro atoms. The van der Waals surface area contributed by atoms with Crippen LogP contribution in [-0.2, 0) is 9.53 Å². The summed E-state index contributed by atoms with van der Waals surface area (Å²) in [5.74, 6) is 0.424. The highest BCUT2D eigenvalue weighted by Gasteiger charge is 2.03. The highest BCUT2D eigenvalue weighted by molar-refractivity contribution is 5.69. The molecule has 0 aliphatic carbocycles. The van der Waals surface area contributed by atoms with E-state index in [9.17, 15) is 4.79 Å². The van der Waals surface area contributed by atoms with Crippen LogP contribution in [0.1, 0.15) is 124 Å². The van der Waals surface area contributed by atoms with Crippen LogP contribution in [0, 0.1) is 5.92 Å². The zero-order chi connectivity index (χ0) is 17.9. The van der Waals surface area contributed by atoms with E-state index in [1.54, 1.807) is 0 Å². The van der Waals surface area contributed by atoms with Crippen molar-refractivity contribution >= 4 is 5.97 Å². The normalized spacial score (nSPS) is 10.7. The fraction of sp³-hybridized carbons (Fsp3) is 0.955. The van der Waals surface area contributed by atoms with Crippen molar-refractivity contribution in [1.29, 1.82) is 0 Å². The summed E-state index contributed by atoms with van der Waals surface area (Å²) in [6.45, 7) is 6.99. The van der Waals surface area contributed by atoms with Crippen molar-refractivity contribution in [2.45, 2.75) is 124 Å². The highest BCUT2D eigenvalue weighted by atomic mass is 16.5. The maximum absolute atomic E-state index is 11.5. The van der Waals surface area contributed by atoms with Gasteiger partial charge in [-0.05, 0) is 12.3 Å². The molecule has 0 rings (SSSR count). The first-order chi connectivity index (χ1) is 11.7. The second-order valence-corrected chi connectivity index (χ2v) is 7.78. The minimum absolute atomic E-state index is 0. The molecule has 0 unspecified atom stereocenters. The molecular weight excluding hydrogens is 310 g/mol. The maximum Gasteiger partial charge on any atom is 0.305 e. The fourth-order valence-corrected chi connectivity index (χ4v) is 2.97. The molecule has 0 aliphatic heterocycles. The first-order valence-electron chi connectivity index (χ1n) is 10.8. The molecule has 152 valence electrons. The molecule has 0 fully saturated rings. The SMILES string of the molecule is CCCCCCCCCCCCCCCCCC(=O)OCC(C)C.N. The Morgan fingerprint density at radius 2 is 1.04 bits per heavy atom. The van der Waals surface area contributed by atoms with Crippen LogP contribution in [0.2, 0.25) is 0 Å². The number of rotatable bonds is 18. The summed E-state index contributed by atoms with van der Waals surface area (Å²) in [6, 6.07) is 0. The molecule has 0 amide bonds. The Bertz CT molecular complexity index is 267. The molecule has 0 aromatic carbocycles. The summed E-state index contributed by atoms with van der Waals surface area (Å²) in [6.07, 6.45) is 20.9. The Labute approximate surface area is 158 Å². The van der Waals surface area contributed by atoms with Crippen LogP contribution in [0.5, 0.6) is 0 Å². The van der Waals surface area contributed by atoms with Crippen molar-refractivity contribution in [2.24, 2.45) is 5.92 Å². The van der Waals surface area contributed by atoms with E-state index < -0.39 is 0 Å². The van der Waals surface area contributed by atoms with E-state index in [-0.39, 0.29) is 12.1 Å². The predicted octanol–water partition coefficient (Wildman–Crippen LogP) is 7.61. The summed E-state index contributed by atoms with van der Waals surface area (Å²) < 4.78 is 5.18. The smallest absolute Gasteiger partial charge is 0.305 e. The zero-order valence-corrected chi connectivity index (χ0v) is 17.6. The van der Waals surface area contributed by atoms with Gasteiger partial charge >= 0.3 is 5.97 Å². The molecular formula is C22H47NO2. The molecule has 3 heteroatoms. The van der Waals surface area contributed by atoms with Gasteiger partial charge in [0, 0.05) is 6.42 Å². The third-order valence-electron chi connectivity index (χ3n) is 4.56. The van der Waals surface area contributed by atoms with Gasteiger partial charge in [0.2, 0.25) is 0 Å². The van der Waals surface area contributed by atoms with E-state index in [4.69, 9.17) is 4.74 Å². The zero-order valence-electron chi connectivity index (χ0n) is 17.6. The lowest BCUT2D eigenvalue weighted by Gasteiger charge is -2.07. The van der Waals surface area contributed by atoms with Crippen LogP contribution in [-0.4, -0.2) is 12.6 Å². The van der Waals surface area contributed by atoms with E-state index in [1.807, 2.05) is 0 Å². The van der Waals surface area contributed by atoms with Gasteiger partial charge in [-0.3, -0.25) is 4.79 Å². The number of esters is 1. The minimum atomic E-state index is -0.0154. The molecule has 0 radical (unpaired) electrons. The van der Waals surface area contributed by atoms with Gasteiger partial charge in [-0.2, -0.15) is 0 Å². The van der Waals surface area contributed by atoms with E-state index in [0.717, 1.165) is 6.42 Å². The van der Waals surface area contributed by atoms with Crippen LogP contribution in [0.25, 0.3) is 0 Å². The predicted molar refractivity (Wildman–Crippen MR) is 110 cm³/mol. The first-order valence-corrected chi connectivity index (χ1v) is 10.8. The third kappa shape index (κ3) is 23.4. The molecule has 0 atom stereocenters. The van der Waals surface area contributed by atoms with Crippen LogP contribution in [0.4, 0.5) is 0 Å². The molecule has 0 heterocycles. The van der Waals surface area contributed by atoms with Gasteiger partial charge < -0.3 is 10.9 Å². The Hall–Kier alpha value is -0.570. The monoisotopic (exact) mass is 357 g/mol. The minimum Gasteiger partial charge on any atom is -0.465 e. The van der Waals surface area contributed by atoms with Gasteiger partial charge in [-0.25, -0.2) is 0 Å². The maximum atomic E-state index is 11.5. The average Bonchev–Trinajstić information content (AvgIpc) is 2.56. The topological polar surface area (TPSA) is 61.3 Å². The van der Waals surface area contributed by atoms with Crippen molar-refractivity contribution in [2.75, 3.05) is 6.61 Å². The van der Waals surface area contributed by atoms with Gasteiger partial charge in [0.25, 0.3) is 0 Å². The molecule has 0 aromatic heterocycles. The van der Waals surface area contributed by atoms with Crippen molar-refractivity contribution in [1.82, 2.24) is 6.15 Å². The van der Waals surface area contributed by atoms with Crippen molar-refractivity contribution in [3.05, 3.63) is 0 Å². The Morgan fingerprint density at radius 1 is 0.680 bits per heavy atom. The molecule has 3 nitrogen and oxygen atoms in total. The van der Waals surface area contributed by atoms with E-state index in [1.165, 1.54) is 89.9 Å². The third-order valence-corrected chi connectivity index (χ3v) is 4.56. The van der Waals surface area contributed by atoms with E-state index in [2.05, 4.69) is 20.8 Å². The summed E-state index contributed by atoms with van der Waals surface area (Å²) in [5.41, 5.74) is 0. The average molecular weight is 358 g/mol. The fourth-order valence-electron chi connectivity index (χ4n) is 2.97. The van der Waals surface area contributed by atoms with Crippen LogP contribution in [0.3, 0.4) is 0 Å². The standard InChI is InChI=1S/C22H44O2.H3N/c1-4-5-6-7-8-9-10-11-12-13-14-15-16-17-18-19-22(23)24-20-21(2)3;/h21H,4-20H2,1-3H3;1H3. The number of hydrogen-bond acceptors (Lipinski definition) is 3. The van der Waals surface area contributed by atoms with Crippen LogP contribution < -0.4 is 6.15 Å². The summed E-state index contributed by atoms with van der Waals surface area (Å²) in [7, 11) is 0. The second kappa shape index (κ2) is 21.5. The van der Waals surface area contributed by atoms with Gasteiger partial charge in [-0.15, -0.1) is 0 Å². The molecule has 0 aromatic rings. The van der Waals surface area contributed by atoms with Gasteiger partial charge in [-0.1, -0.05) is 111 Å². The Morgan fingerprint density at radius 3 is 1.40 bits per heavy atom. The number of ether oxygens (including phenoxy) is 1. The first kappa shape index (κ1) is 26.7. The summed E-state index contributed by atoms with van der Waals surface area (Å²) >= 11 is 0. The largest absolute Gasteiger partial charge is 0.465 e. The quantitative estimate of drug-likeness (QED) is 0.203. The molecule has 0 aliphatic rings.